The Labute approximate surface area is 109 Å². The van der Waals surface area contributed by atoms with Crippen LogP contribution in [0.3, 0.4) is 0 Å². The Morgan fingerprint density at radius 2 is 1.56 bits per heavy atom. The highest BCUT2D eigenvalue weighted by Crippen LogP contribution is 2.31. The molecule has 0 fully saturated rings. The monoisotopic (exact) mass is 234 g/mol. The van der Waals surface area contributed by atoms with Crippen LogP contribution >= 0.6 is 0 Å². The minimum atomic E-state index is 0.359. The van der Waals surface area contributed by atoms with Gasteiger partial charge in [-0.25, -0.2) is 0 Å². The van der Waals surface area contributed by atoms with E-state index in [9.17, 15) is 0 Å². The molecule has 0 amide bonds. The SMILES string of the molecule is C=CCC(c1ccccc1)c1ccccc1C=C. The highest BCUT2D eigenvalue weighted by atomic mass is 14.2. The van der Waals surface area contributed by atoms with Crippen molar-refractivity contribution in [2.75, 3.05) is 0 Å². The van der Waals surface area contributed by atoms with Crippen molar-refractivity contribution >= 4 is 6.08 Å². The summed E-state index contributed by atoms with van der Waals surface area (Å²) in [6.07, 6.45) is 4.85. The molecule has 1 unspecified atom stereocenters. The maximum atomic E-state index is 3.90. The van der Waals surface area contributed by atoms with Crippen molar-refractivity contribution < 1.29 is 0 Å². The Balaban J connectivity index is 2.48. The van der Waals surface area contributed by atoms with Gasteiger partial charge in [0.1, 0.15) is 0 Å². The molecule has 0 saturated heterocycles. The van der Waals surface area contributed by atoms with E-state index in [1.54, 1.807) is 0 Å². The van der Waals surface area contributed by atoms with Crippen molar-refractivity contribution in [1.29, 1.82) is 0 Å². The Kier molecular flexibility index (Phi) is 4.14. The van der Waals surface area contributed by atoms with Gasteiger partial charge in [-0.1, -0.05) is 73.3 Å². The van der Waals surface area contributed by atoms with Crippen LogP contribution in [0.4, 0.5) is 0 Å². The summed E-state index contributed by atoms with van der Waals surface area (Å²) in [4.78, 5) is 0. The topological polar surface area (TPSA) is 0 Å². The Morgan fingerprint density at radius 3 is 2.22 bits per heavy atom. The summed E-state index contributed by atoms with van der Waals surface area (Å²) in [5.74, 6) is 0.359. The quantitative estimate of drug-likeness (QED) is 0.636. The molecule has 0 N–H and O–H groups in total. The van der Waals surface area contributed by atoms with Gasteiger partial charge in [0.05, 0.1) is 0 Å². The highest BCUT2D eigenvalue weighted by molar-refractivity contribution is 5.54. The van der Waals surface area contributed by atoms with Gasteiger partial charge in [-0.15, -0.1) is 6.58 Å². The zero-order valence-electron chi connectivity index (χ0n) is 10.5. The molecule has 0 saturated carbocycles. The minimum absolute atomic E-state index is 0.359. The van der Waals surface area contributed by atoms with Gasteiger partial charge in [-0.3, -0.25) is 0 Å². The lowest BCUT2D eigenvalue weighted by Crippen LogP contribution is -2.02. The van der Waals surface area contributed by atoms with Crippen molar-refractivity contribution in [2.24, 2.45) is 0 Å². The van der Waals surface area contributed by atoms with Crippen LogP contribution in [-0.2, 0) is 0 Å². The van der Waals surface area contributed by atoms with Gasteiger partial charge >= 0.3 is 0 Å². The van der Waals surface area contributed by atoms with E-state index in [2.05, 4.69) is 61.7 Å². The van der Waals surface area contributed by atoms with E-state index in [1.165, 1.54) is 16.7 Å². The molecular weight excluding hydrogens is 216 g/mol. The first-order valence-corrected chi connectivity index (χ1v) is 6.24. The van der Waals surface area contributed by atoms with E-state index in [1.807, 2.05) is 18.2 Å². The van der Waals surface area contributed by atoms with Crippen LogP contribution in [0.25, 0.3) is 6.08 Å². The fourth-order valence-electron chi connectivity index (χ4n) is 2.31. The third-order valence-electron chi connectivity index (χ3n) is 3.20. The molecule has 0 heterocycles. The summed E-state index contributed by atoms with van der Waals surface area (Å²) < 4.78 is 0. The maximum absolute atomic E-state index is 3.90. The summed E-state index contributed by atoms with van der Waals surface area (Å²) in [6, 6.07) is 19.0. The third kappa shape index (κ3) is 2.60. The summed E-state index contributed by atoms with van der Waals surface area (Å²) in [5.41, 5.74) is 3.85. The predicted molar refractivity (Wildman–Crippen MR) is 79.6 cm³/mol. The fraction of sp³-hybridized carbons (Fsp3) is 0.111. The molecule has 0 spiro atoms. The molecule has 0 bridgehead atoms. The molecule has 0 heteroatoms. The molecular formula is C18H18. The third-order valence-corrected chi connectivity index (χ3v) is 3.20. The second kappa shape index (κ2) is 6.02. The van der Waals surface area contributed by atoms with Crippen LogP contribution in [0.15, 0.2) is 73.8 Å². The molecule has 0 nitrogen and oxygen atoms in total. The first-order chi connectivity index (χ1) is 8.86. The number of allylic oxidation sites excluding steroid dienone is 1. The molecule has 2 aromatic carbocycles. The smallest absolute Gasteiger partial charge is 0.0130 e. The Morgan fingerprint density at radius 1 is 0.889 bits per heavy atom. The van der Waals surface area contributed by atoms with Crippen LogP contribution in [0.5, 0.6) is 0 Å². The second-order valence-corrected chi connectivity index (χ2v) is 4.32. The largest absolute Gasteiger partial charge is 0.103 e. The van der Waals surface area contributed by atoms with E-state index in [0.29, 0.717) is 5.92 Å². The van der Waals surface area contributed by atoms with E-state index in [0.717, 1.165) is 6.42 Å². The first-order valence-electron chi connectivity index (χ1n) is 6.24. The van der Waals surface area contributed by atoms with Crippen LogP contribution < -0.4 is 0 Å². The lowest BCUT2D eigenvalue weighted by Gasteiger charge is -2.18. The average molecular weight is 234 g/mol. The number of rotatable bonds is 5. The maximum Gasteiger partial charge on any atom is 0.0130 e. The lowest BCUT2D eigenvalue weighted by atomic mass is 9.86. The van der Waals surface area contributed by atoms with Gasteiger partial charge in [0.25, 0.3) is 0 Å². The molecule has 0 aromatic heterocycles. The van der Waals surface area contributed by atoms with E-state index in [-0.39, 0.29) is 0 Å². The van der Waals surface area contributed by atoms with Crippen molar-refractivity contribution in [3.05, 3.63) is 90.5 Å². The molecule has 18 heavy (non-hydrogen) atoms. The van der Waals surface area contributed by atoms with E-state index in [4.69, 9.17) is 0 Å². The van der Waals surface area contributed by atoms with Gasteiger partial charge in [0.15, 0.2) is 0 Å². The molecule has 0 aliphatic rings. The van der Waals surface area contributed by atoms with E-state index >= 15 is 0 Å². The fourth-order valence-corrected chi connectivity index (χ4v) is 2.31. The van der Waals surface area contributed by atoms with Crippen LogP contribution in [0.1, 0.15) is 29.0 Å². The first kappa shape index (κ1) is 12.4. The molecule has 90 valence electrons. The normalized spacial score (nSPS) is 11.8. The lowest BCUT2D eigenvalue weighted by molar-refractivity contribution is 0.829. The number of benzene rings is 2. The van der Waals surface area contributed by atoms with Gasteiger partial charge < -0.3 is 0 Å². The molecule has 0 radical (unpaired) electrons. The second-order valence-electron chi connectivity index (χ2n) is 4.32. The van der Waals surface area contributed by atoms with Crippen molar-refractivity contribution in [3.63, 3.8) is 0 Å². The molecule has 1 atom stereocenters. The minimum Gasteiger partial charge on any atom is -0.103 e. The zero-order chi connectivity index (χ0) is 12.8. The van der Waals surface area contributed by atoms with Gasteiger partial charge in [-0.05, 0) is 23.1 Å². The predicted octanol–water partition coefficient (Wildman–Crippen LogP) is 5.04. The number of hydrogen-bond acceptors (Lipinski definition) is 0. The van der Waals surface area contributed by atoms with Gasteiger partial charge in [-0.2, -0.15) is 0 Å². The molecule has 0 aliphatic carbocycles. The van der Waals surface area contributed by atoms with E-state index < -0.39 is 0 Å². The van der Waals surface area contributed by atoms with Crippen molar-refractivity contribution in [2.45, 2.75) is 12.3 Å². The summed E-state index contributed by atoms with van der Waals surface area (Å²) in [7, 11) is 0. The van der Waals surface area contributed by atoms with Crippen molar-refractivity contribution in [3.8, 4) is 0 Å². The van der Waals surface area contributed by atoms with Gasteiger partial charge in [0, 0.05) is 5.92 Å². The van der Waals surface area contributed by atoms with Crippen LogP contribution in [-0.4, -0.2) is 0 Å². The van der Waals surface area contributed by atoms with Crippen molar-refractivity contribution in [1.82, 2.24) is 0 Å². The molecule has 2 aromatic rings. The Bertz CT molecular complexity index is 523. The highest BCUT2D eigenvalue weighted by Gasteiger charge is 2.14. The van der Waals surface area contributed by atoms with Crippen LogP contribution in [0, 0.1) is 0 Å². The zero-order valence-corrected chi connectivity index (χ0v) is 10.5. The molecule has 2 rings (SSSR count). The summed E-state index contributed by atoms with van der Waals surface area (Å²) >= 11 is 0. The average Bonchev–Trinajstić information content (AvgIpc) is 2.46. The van der Waals surface area contributed by atoms with Crippen LogP contribution in [0.2, 0.25) is 0 Å². The standard InChI is InChI=1S/C18H18/c1-3-10-17(16-12-6-5-7-13-16)18-14-9-8-11-15(18)4-2/h3-9,11-14,17H,1-2,10H2. The summed E-state index contributed by atoms with van der Waals surface area (Å²) in [5, 5.41) is 0. The Hall–Kier alpha value is -2.08. The van der Waals surface area contributed by atoms with Gasteiger partial charge in [0.2, 0.25) is 0 Å². The summed E-state index contributed by atoms with van der Waals surface area (Å²) in [6.45, 7) is 7.78. The number of hydrogen-bond donors (Lipinski definition) is 0. The molecule has 0 aliphatic heterocycles.